The SMILES string of the molecule is FC(F)(F)c1cnn2c(-c3cccc(-c4ccsc4)c3)cnc2n1. The van der Waals surface area contributed by atoms with Gasteiger partial charge in [0.05, 0.1) is 18.1 Å². The van der Waals surface area contributed by atoms with Crippen LogP contribution in [-0.4, -0.2) is 19.6 Å². The summed E-state index contributed by atoms with van der Waals surface area (Å²) in [5.74, 6) is -0.0826. The standard InChI is InChI=1S/C16H9F3N4S/c17-16(18,19)14-8-21-23-13(7-20-15(23)22-14)11-3-1-2-10(6-11)12-4-5-24-9-12/h1-9H. The van der Waals surface area contributed by atoms with Crippen LogP contribution in [0.3, 0.4) is 0 Å². The van der Waals surface area contributed by atoms with Crippen LogP contribution in [0.2, 0.25) is 0 Å². The summed E-state index contributed by atoms with van der Waals surface area (Å²) in [7, 11) is 0. The van der Waals surface area contributed by atoms with E-state index in [-0.39, 0.29) is 5.78 Å². The molecule has 1 aromatic carbocycles. The molecule has 0 saturated heterocycles. The Hall–Kier alpha value is -2.74. The highest BCUT2D eigenvalue weighted by Crippen LogP contribution is 2.29. The largest absolute Gasteiger partial charge is 0.435 e. The van der Waals surface area contributed by atoms with Crippen LogP contribution in [0, 0.1) is 0 Å². The maximum Gasteiger partial charge on any atom is 0.435 e. The van der Waals surface area contributed by atoms with Gasteiger partial charge in [0.15, 0.2) is 5.69 Å². The van der Waals surface area contributed by atoms with Crippen molar-refractivity contribution in [1.82, 2.24) is 19.6 Å². The molecular formula is C16H9F3N4S. The average molecular weight is 346 g/mol. The fourth-order valence-corrected chi connectivity index (χ4v) is 3.06. The third kappa shape index (κ3) is 2.54. The van der Waals surface area contributed by atoms with Gasteiger partial charge in [-0.25, -0.2) is 9.97 Å². The molecular weight excluding hydrogens is 337 g/mol. The molecule has 0 spiro atoms. The molecule has 24 heavy (non-hydrogen) atoms. The number of alkyl halides is 3. The van der Waals surface area contributed by atoms with E-state index in [0.29, 0.717) is 11.9 Å². The lowest BCUT2D eigenvalue weighted by Crippen LogP contribution is -2.11. The topological polar surface area (TPSA) is 43.1 Å². The molecule has 0 aliphatic rings. The fraction of sp³-hybridized carbons (Fsp3) is 0.0625. The first-order chi connectivity index (χ1) is 11.5. The van der Waals surface area contributed by atoms with Crippen molar-refractivity contribution < 1.29 is 13.2 Å². The normalized spacial score (nSPS) is 12.0. The lowest BCUT2D eigenvalue weighted by Gasteiger charge is -2.06. The molecule has 120 valence electrons. The lowest BCUT2D eigenvalue weighted by molar-refractivity contribution is -0.141. The van der Waals surface area contributed by atoms with Gasteiger partial charge in [0, 0.05) is 5.56 Å². The first-order valence-electron chi connectivity index (χ1n) is 6.93. The quantitative estimate of drug-likeness (QED) is 0.535. The lowest BCUT2D eigenvalue weighted by atomic mass is 10.0. The molecule has 0 bridgehead atoms. The van der Waals surface area contributed by atoms with Gasteiger partial charge in [0.1, 0.15) is 0 Å². The number of rotatable bonds is 2. The molecule has 8 heteroatoms. The number of imidazole rings is 1. The monoisotopic (exact) mass is 346 g/mol. The van der Waals surface area contributed by atoms with Crippen LogP contribution in [0.1, 0.15) is 5.69 Å². The van der Waals surface area contributed by atoms with Gasteiger partial charge >= 0.3 is 6.18 Å². The second kappa shape index (κ2) is 5.41. The van der Waals surface area contributed by atoms with Crippen LogP contribution in [0.4, 0.5) is 13.2 Å². The third-order valence-corrected chi connectivity index (χ3v) is 4.22. The molecule has 4 nitrogen and oxygen atoms in total. The Bertz CT molecular complexity index is 1010. The van der Waals surface area contributed by atoms with Crippen molar-refractivity contribution in [2.45, 2.75) is 6.18 Å². The summed E-state index contributed by atoms with van der Waals surface area (Å²) in [4.78, 5) is 7.48. The minimum atomic E-state index is -4.54. The molecule has 0 aliphatic carbocycles. The minimum absolute atomic E-state index is 0.0826. The first kappa shape index (κ1) is 14.8. The number of nitrogens with zero attached hydrogens (tertiary/aromatic N) is 4. The Kier molecular flexibility index (Phi) is 3.34. The zero-order chi connectivity index (χ0) is 16.7. The zero-order valence-corrected chi connectivity index (χ0v) is 12.8. The van der Waals surface area contributed by atoms with Gasteiger partial charge in [-0.15, -0.1) is 0 Å². The van der Waals surface area contributed by atoms with Crippen molar-refractivity contribution in [3.05, 3.63) is 59.2 Å². The molecule has 0 amide bonds. The second-order valence-corrected chi connectivity index (χ2v) is 5.87. The van der Waals surface area contributed by atoms with E-state index in [4.69, 9.17) is 0 Å². The van der Waals surface area contributed by atoms with Crippen LogP contribution in [-0.2, 0) is 6.18 Å². The third-order valence-electron chi connectivity index (χ3n) is 3.54. The molecule has 3 aromatic heterocycles. The van der Waals surface area contributed by atoms with E-state index in [1.165, 1.54) is 10.7 Å². The summed E-state index contributed by atoms with van der Waals surface area (Å²) in [5.41, 5.74) is 2.44. The van der Waals surface area contributed by atoms with Gasteiger partial charge in [0.25, 0.3) is 5.78 Å². The molecule has 0 unspecified atom stereocenters. The maximum atomic E-state index is 12.7. The zero-order valence-electron chi connectivity index (χ0n) is 12.0. The molecule has 3 heterocycles. The van der Waals surface area contributed by atoms with Crippen molar-refractivity contribution >= 4 is 17.1 Å². The van der Waals surface area contributed by atoms with Crippen LogP contribution < -0.4 is 0 Å². The van der Waals surface area contributed by atoms with Crippen LogP contribution >= 0.6 is 11.3 Å². The minimum Gasteiger partial charge on any atom is -0.217 e. The average Bonchev–Trinajstić information content (AvgIpc) is 3.23. The van der Waals surface area contributed by atoms with Gasteiger partial charge in [-0.2, -0.15) is 34.1 Å². The van der Waals surface area contributed by atoms with Crippen molar-refractivity contribution in [2.24, 2.45) is 0 Å². The van der Waals surface area contributed by atoms with E-state index in [0.717, 1.165) is 16.7 Å². The molecule has 0 fully saturated rings. The number of benzene rings is 1. The van der Waals surface area contributed by atoms with E-state index in [1.807, 2.05) is 41.1 Å². The van der Waals surface area contributed by atoms with E-state index < -0.39 is 11.9 Å². The van der Waals surface area contributed by atoms with E-state index in [1.54, 1.807) is 11.3 Å². The second-order valence-electron chi connectivity index (χ2n) is 5.09. The van der Waals surface area contributed by atoms with Gasteiger partial charge in [0.2, 0.25) is 0 Å². The van der Waals surface area contributed by atoms with E-state index in [9.17, 15) is 13.2 Å². The van der Waals surface area contributed by atoms with Crippen LogP contribution in [0.5, 0.6) is 0 Å². The highest BCUT2D eigenvalue weighted by molar-refractivity contribution is 7.08. The van der Waals surface area contributed by atoms with Crippen molar-refractivity contribution in [2.75, 3.05) is 0 Å². The smallest absolute Gasteiger partial charge is 0.217 e. The van der Waals surface area contributed by atoms with Crippen molar-refractivity contribution in [3.8, 4) is 22.4 Å². The summed E-state index contributed by atoms with van der Waals surface area (Å²) in [6.07, 6.45) is -2.36. The number of fused-ring (bicyclic) bond motifs is 1. The fourth-order valence-electron chi connectivity index (χ4n) is 2.40. The number of hydrogen-bond acceptors (Lipinski definition) is 4. The summed E-state index contributed by atoms with van der Waals surface area (Å²) >= 11 is 1.60. The highest BCUT2D eigenvalue weighted by atomic mass is 32.1. The molecule has 0 aliphatic heterocycles. The number of halogens is 3. The maximum absolute atomic E-state index is 12.7. The number of thiophene rings is 1. The van der Waals surface area contributed by atoms with Crippen LogP contribution in [0.25, 0.3) is 28.2 Å². The molecule has 0 saturated carbocycles. The molecule has 4 rings (SSSR count). The number of hydrogen-bond donors (Lipinski definition) is 0. The van der Waals surface area contributed by atoms with Crippen molar-refractivity contribution in [3.63, 3.8) is 0 Å². The predicted molar refractivity (Wildman–Crippen MR) is 84.5 cm³/mol. The summed E-state index contributed by atoms with van der Waals surface area (Å²) in [6, 6.07) is 9.68. The Labute approximate surface area is 138 Å². The predicted octanol–water partition coefficient (Wildman–Crippen LogP) is 4.54. The molecule has 0 radical (unpaired) electrons. The Morgan fingerprint density at radius 2 is 1.83 bits per heavy atom. The Morgan fingerprint density at radius 1 is 1.00 bits per heavy atom. The molecule has 4 aromatic rings. The molecule has 0 atom stereocenters. The Balaban J connectivity index is 1.81. The van der Waals surface area contributed by atoms with Crippen LogP contribution in [0.15, 0.2) is 53.5 Å². The van der Waals surface area contributed by atoms with E-state index in [2.05, 4.69) is 15.1 Å². The van der Waals surface area contributed by atoms with E-state index >= 15 is 0 Å². The first-order valence-corrected chi connectivity index (χ1v) is 7.87. The summed E-state index contributed by atoms with van der Waals surface area (Å²) in [6.45, 7) is 0. The highest BCUT2D eigenvalue weighted by Gasteiger charge is 2.33. The van der Waals surface area contributed by atoms with Crippen molar-refractivity contribution in [1.29, 1.82) is 0 Å². The summed E-state index contributed by atoms with van der Waals surface area (Å²) in [5, 5.41) is 7.87. The van der Waals surface area contributed by atoms with Gasteiger partial charge in [-0.05, 0) is 34.0 Å². The van der Waals surface area contributed by atoms with Gasteiger partial charge in [-0.3, -0.25) is 0 Å². The summed E-state index contributed by atoms with van der Waals surface area (Å²) < 4.78 is 39.5. The number of aromatic nitrogens is 4. The molecule has 0 N–H and O–H groups in total. The Morgan fingerprint density at radius 3 is 2.58 bits per heavy atom. The van der Waals surface area contributed by atoms with Gasteiger partial charge < -0.3 is 0 Å². The van der Waals surface area contributed by atoms with Gasteiger partial charge in [-0.1, -0.05) is 18.2 Å².